The van der Waals surface area contributed by atoms with Crippen molar-refractivity contribution in [2.45, 2.75) is 23.1 Å². The van der Waals surface area contributed by atoms with Crippen molar-refractivity contribution in [3.05, 3.63) is 103 Å². The first-order chi connectivity index (χ1) is 19.3. The van der Waals surface area contributed by atoms with Gasteiger partial charge in [-0.3, -0.25) is 19.2 Å². The lowest BCUT2D eigenvalue weighted by Gasteiger charge is -2.31. The molecule has 3 amide bonds. The first-order valence-electron chi connectivity index (χ1n) is 12.4. The van der Waals surface area contributed by atoms with Crippen LogP contribution in [0.5, 0.6) is 5.75 Å². The van der Waals surface area contributed by atoms with E-state index >= 15 is 0 Å². The number of thioether (sulfide) groups is 1. The molecule has 0 bridgehead atoms. The number of H-pyrrole nitrogens is 1. The maximum absolute atomic E-state index is 14.0. The zero-order chi connectivity index (χ0) is 28.0. The van der Waals surface area contributed by atoms with Crippen molar-refractivity contribution in [3.63, 3.8) is 0 Å². The highest BCUT2D eigenvalue weighted by Gasteiger charge is 2.56. The van der Waals surface area contributed by atoms with Crippen LogP contribution in [0.3, 0.4) is 0 Å². The number of carbonyl (C=O) groups excluding carboxylic acids is 3. The molecular weight excluding hydrogens is 614 g/mol. The van der Waals surface area contributed by atoms with Gasteiger partial charge >= 0.3 is 4.87 Å². The van der Waals surface area contributed by atoms with Gasteiger partial charge in [0.25, 0.3) is 5.91 Å². The van der Waals surface area contributed by atoms with Gasteiger partial charge in [0, 0.05) is 26.5 Å². The van der Waals surface area contributed by atoms with E-state index in [1.165, 1.54) is 16.7 Å². The fourth-order valence-corrected chi connectivity index (χ4v) is 7.94. The molecule has 8 nitrogen and oxygen atoms in total. The molecule has 3 atom stereocenters. The van der Waals surface area contributed by atoms with Gasteiger partial charge in [-0.25, -0.2) is 4.90 Å². The number of nitrogens with zero attached hydrogens (tertiary/aromatic N) is 1. The predicted molar refractivity (Wildman–Crippen MR) is 158 cm³/mol. The van der Waals surface area contributed by atoms with Crippen LogP contribution >= 0.6 is 39.0 Å². The third-order valence-electron chi connectivity index (χ3n) is 6.84. The molecule has 0 spiro atoms. The lowest BCUT2D eigenvalue weighted by molar-refractivity contribution is -0.122. The Hall–Kier alpha value is -3.67. The van der Waals surface area contributed by atoms with Gasteiger partial charge in [0.15, 0.2) is 6.61 Å². The summed E-state index contributed by atoms with van der Waals surface area (Å²) >= 11 is 5.76. The van der Waals surface area contributed by atoms with Gasteiger partial charge in [-0.1, -0.05) is 74.9 Å². The molecule has 2 aliphatic heterocycles. The summed E-state index contributed by atoms with van der Waals surface area (Å²) in [7, 11) is 0. The molecule has 1 saturated heterocycles. The number of nitrogens with one attached hydrogen (secondary N) is 2. The van der Waals surface area contributed by atoms with Crippen LogP contribution in [-0.4, -0.2) is 34.6 Å². The van der Waals surface area contributed by atoms with E-state index in [2.05, 4.69) is 26.2 Å². The summed E-state index contributed by atoms with van der Waals surface area (Å²) in [5, 5.41) is 2.63. The lowest BCUT2D eigenvalue weighted by atomic mass is 9.82. The highest BCUT2D eigenvalue weighted by molar-refractivity contribution is 9.10. The van der Waals surface area contributed by atoms with Crippen LogP contribution in [0.1, 0.15) is 21.9 Å². The lowest BCUT2D eigenvalue weighted by Crippen LogP contribution is -2.32. The van der Waals surface area contributed by atoms with Crippen molar-refractivity contribution in [2.24, 2.45) is 5.92 Å². The molecule has 11 heteroatoms. The first kappa shape index (κ1) is 26.5. The Morgan fingerprint density at radius 2 is 1.77 bits per heavy atom. The first-order valence-corrected chi connectivity index (χ1v) is 14.9. The van der Waals surface area contributed by atoms with E-state index in [4.69, 9.17) is 4.74 Å². The maximum Gasteiger partial charge on any atom is 0.305 e. The van der Waals surface area contributed by atoms with Gasteiger partial charge in [-0.05, 0) is 49.4 Å². The molecular formula is C29H22BrN3O5S2. The number of ether oxygens (including phenoxy) is 1. The molecule has 3 aromatic carbocycles. The molecule has 0 radical (unpaired) electrons. The van der Waals surface area contributed by atoms with Gasteiger partial charge in [0.05, 0.1) is 16.6 Å². The third kappa shape index (κ3) is 4.89. The fourth-order valence-electron chi connectivity index (χ4n) is 5.06. The third-order valence-corrected chi connectivity index (χ3v) is 9.73. The molecule has 6 rings (SSSR count). The second kappa shape index (κ2) is 10.7. The Morgan fingerprint density at radius 1 is 1.02 bits per heavy atom. The standard InChI is InChI=1S/C29H22BrN3O5S2/c1-15-7-10-18(11-8-15)33-27(35)23-22(24-26(32-29(37)40-24)39-25(23)28(33)36)19-13-16(30)9-12-20(19)38-14-21(34)31-17-5-3-2-4-6-17/h2-13,22-23,25H,14H2,1H3,(H,31,34)(H,32,37)/t22-,23-,25+/m0/s1. The Labute approximate surface area is 245 Å². The molecule has 3 heterocycles. The average molecular weight is 637 g/mol. The molecule has 0 saturated carbocycles. The van der Waals surface area contributed by atoms with Crippen LogP contribution in [-0.2, 0) is 14.4 Å². The Kier molecular flexibility index (Phi) is 7.11. The monoisotopic (exact) mass is 635 g/mol. The Balaban J connectivity index is 1.37. The zero-order valence-corrected chi connectivity index (χ0v) is 24.3. The minimum absolute atomic E-state index is 0.266. The van der Waals surface area contributed by atoms with Crippen LogP contribution < -0.4 is 19.8 Å². The number of rotatable bonds is 6. The number of amides is 3. The fraction of sp³-hybridized carbons (Fsp3) is 0.172. The van der Waals surface area contributed by atoms with E-state index in [9.17, 15) is 19.2 Å². The smallest absolute Gasteiger partial charge is 0.305 e. The Bertz CT molecular complexity index is 1690. The number of aromatic nitrogens is 1. The molecule has 1 fully saturated rings. The second-order valence-electron chi connectivity index (χ2n) is 9.48. The van der Waals surface area contributed by atoms with E-state index in [1.807, 2.05) is 43.3 Å². The highest BCUT2D eigenvalue weighted by atomic mass is 79.9. The summed E-state index contributed by atoms with van der Waals surface area (Å²) in [6, 6.07) is 21.6. The number of aryl methyl sites for hydroxylation is 1. The number of anilines is 2. The number of imide groups is 1. The largest absolute Gasteiger partial charge is 0.483 e. The van der Waals surface area contributed by atoms with E-state index in [0.29, 0.717) is 32.6 Å². The van der Waals surface area contributed by atoms with E-state index < -0.39 is 17.1 Å². The van der Waals surface area contributed by atoms with Crippen molar-refractivity contribution in [1.29, 1.82) is 0 Å². The summed E-state index contributed by atoms with van der Waals surface area (Å²) in [5.41, 5.74) is 2.78. The van der Waals surface area contributed by atoms with Crippen molar-refractivity contribution in [1.82, 2.24) is 4.98 Å². The van der Waals surface area contributed by atoms with Crippen molar-refractivity contribution in [2.75, 3.05) is 16.8 Å². The average Bonchev–Trinajstić information content (AvgIpc) is 3.43. The van der Waals surface area contributed by atoms with Crippen LogP contribution in [0.2, 0.25) is 0 Å². The molecule has 0 unspecified atom stereocenters. The zero-order valence-electron chi connectivity index (χ0n) is 21.1. The number of aromatic amines is 1. The normalized spacial score (nSPS) is 19.8. The number of fused-ring (bicyclic) bond motifs is 2. The van der Waals surface area contributed by atoms with Gasteiger partial charge in [0.1, 0.15) is 11.0 Å². The van der Waals surface area contributed by atoms with Gasteiger partial charge in [-0.2, -0.15) is 0 Å². The van der Waals surface area contributed by atoms with E-state index in [-0.39, 0.29) is 29.2 Å². The topological polar surface area (TPSA) is 109 Å². The number of hydrogen-bond acceptors (Lipinski definition) is 7. The number of hydrogen-bond donors (Lipinski definition) is 2. The van der Waals surface area contributed by atoms with E-state index in [0.717, 1.165) is 21.4 Å². The Morgan fingerprint density at radius 3 is 2.52 bits per heavy atom. The summed E-state index contributed by atoms with van der Waals surface area (Å²) in [5.74, 6) is -2.03. The van der Waals surface area contributed by atoms with Crippen molar-refractivity contribution in [3.8, 4) is 5.75 Å². The van der Waals surface area contributed by atoms with E-state index in [1.54, 1.807) is 36.4 Å². The highest BCUT2D eigenvalue weighted by Crippen LogP contribution is 2.54. The minimum atomic E-state index is -0.771. The predicted octanol–water partition coefficient (Wildman–Crippen LogP) is 5.32. The van der Waals surface area contributed by atoms with Crippen LogP contribution in [0.25, 0.3) is 0 Å². The number of benzene rings is 3. The molecule has 2 N–H and O–H groups in total. The van der Waals surface area contributed by atoms with Crippen LogP contribution in [0.4, 0.5) is 11.4 Å². The SMILES string of the molecule is Cc1ccc(N2C(=O)[C@H]3[C@H](c4cc(Br)ccc4OCC(=O)Nc4ccccc4)c4sc(=O)[nH]c4S[C@H]3C2=O)cc1. The van der Waals surface area contributed by atoms with Crippen molar-refractivity contribution < 1.29 is 19.1 Å². The number of carbonyl (C=O) groups is 3. The van der Waals surface area contributed by atoms with Crippen LogP contribution in [0.15, 0.2) is 87.1 Å². The molecule has 0 aliphatic carbocycles. The molecule has 4 aromatic rings. The van der Waals surface area contributed by atoms with Crippen molar-refractivity contribution >= 4 is 68.1 Å². The number of halogens is 1. The molecule has 202 valence electrons. The summed E-state index contributed by atoms with van der Waals surface area (Å²) < 4.78 is 6.73. The summed E-state index contributed by atoms with van der Waals surface area (Å²) in [6.07, 6.45) is 0. The number of thiazole rings is 1. The molecule has 2 aliphatic rings. The van der Waals surface area contributed by atoms with Gasteiger partial charge < -0.3 is 15.0 Å². The number of para-hydroxylation sites is 1. The van der Waals surface area contributed by atoms with Crippen LogP contribution in [0, 0.1) is 12.8 Å². The van der Waals surface area contributed by atoms with Gasteiger partial charge in [0.2, 0.25) is 11.8 Å². The quantitative estimate of drug-likeness (QED) is 0.278. The maximum atomic E-state index is 14.0. The van der Waals surface area contributed by atoms with Gasteiger partial charge in [-0.15, -0.1) is 0 Å². The minimum Gasteiger partial charge on any atom is -0.483 e. The molecule has 40 heavy (non-hydrogen) atoms. The second-order valence-corrected chi connectivity index (χ2v) is 12.6. The molecule has 1 aromatic heterocycles. The summed E-state index contributed by atoms with van der Waals surface area (Å²) in [4.78, 5) is 57.3. The summed E-state index contributed by atoms with van der Waals surface area (Å²) in [6.45, 7) is 1.67.